The van der Waals surface area contributed by atoms with Crippen molar-refractivity contribution in [3.63, 3.8) is 0 Å². The zero-order chi connectivity index (χ0) is 15.5. The van der Waals surface area contributed by atoms with E-state index in [1.54, 1.807) is 13.0 Å². The van der Waals surface area contributed by atoms with Gasteiger partial charge in [-0.05, 0) is 30.5 Å². The summed E-state index contributed by atoms with van der Waals surface area (Å²) in [5.41, 5.74) is 0.317. The number of amides is 1. The van der Waals surface area contributed by atoms with Crippen LogP contribution in [0.25, 0.3) is 10.8 Å². The van der Waals surface area contributed by atoms with Gasteiger partial charge in [0.2, 0.25) is 0 Å². The van der Waals surface area contributed by atoms with Crippen LogP contribution in [-0.2, 0) is 6.54 Å². The molecule has 1 amide bonds. The van der Waals surface area contributed by atoms with E-state index in [1.165, 1.54) is 17.4 Å². The minimum absolute atomic E-state index is 0.0487. The quantitative estimate of drug-likeness (QED) is 0.763. The Labute approximate surface area is 129 Å². The maximum absolute atomic E-state index is 12.0. The molecule has 0 unspecified atom stereocenters. The summed E-state index contributed by atoms with van der Waals surface area (Å²) in [4.78, 5) is 31.3. The third kappa shape index (κ3) is 2.96. The first-order valence-electron chi connectivity index (χ1n) is 6.48. The van der Waals surface area contributed by atoms with Crippen LogP contribution in [0.4, 0.5) is 0 Å². The second-order valence-corrected chi connectivity index (χ2v) is 5.51. The number of aromatic nitrogens is 3. The second-order valence-electron chi connectivity index (χ2n) is 4.56. The molecule has 0 fully saturated rings. The van der Waals surface area contributed by atoms with Crippen molar-refractivity contribution in [2.24, 2.45) is 0 Å². The van der Waals surface area contributed by atoms with Crippen molar-refractivity contribution in [1.82, 2.24) is 20.4 Å². The summed E-state index contributed by atoms with van der Waals surface area (Å²) in [5.74, 6) is 0.274. The first-order chi connectivity index (χ1) is 10.6. The number of thiophene rings is 1. The number of hydrogen-bond acceptors (Lipinski definition) is 6. The summed E-state index contributed by atoms with van der Waals surface area (Å²) in [5, 5.41) is 8.30. The van der Waals surface area contributed by atoms with Gasteiger partial charge in [-0.1, -0.05) is 11.2 Å². The number of hydrogen-bond donors (Lipinski definition) is 2. The lowest BCUT2D eigenvalue weighted by atomic mass is 10.2. The molecule has 0 bridgehead atoms. The molecule has 3 aromatic rings. The molecule has 3 heterocycles. The standard InChI is InChI=1S/C14H12N4O3S/c1-8-4-5-9(13(20)16-8)12(19)15-7-11-17-14(21-18-11)10-3-2-6-22-10/h2-6H,7H2,1H3,(H,15,19)(H,16,20). The maximum Gasteiger partial charge on any atom is 0.268 e. The normalized spacial score (nSPS) is 10.6. The number of carbonyl (C=O) groups excluding carboxylic acids is 1. The van der Waals surface area contributed by atoms with Crippen LogP contribution in [0, 0.1) is 6.92 Å². The van der Waals surface area contributed by atoms with Crippen LogP contribution in [0.15, 0.2) is 39.0 Å². The van der Waals surface area contributed by atoms with E-state index in [2.05, 4.69) is 20.4 Å². The number of aromatic amines is 1. The van der Waals surface area contributed by atoms with E-state index in [0.717, 1.165) is 4.88 Å². The lowest BCUT2D eigenvalue weighted by molar-refractivity contribution is 0.0948. The number of rotatable bonds is 4. The van der Waals surface area contributed by atoms with E-state index >= 15 is 0 Å². The molecule has 8 heteroatoms. The Morgan fingerprint density at radius 3 is 3.00 bits per heavy atom. The molecule has 112 valence electrons. The molecule has 0 saturated carbocycles. The number of pyridine rings is 1. The smallest absolute Gasteiger partial charge is 0.268 e. The zero-order valence-corrected chi connectivity index (χ0v) is 12.4. The summed E-state index contributed by atoms with van der Waals surface area (Å²) < 4.78 is 5.12. The van der Waals surface area contributed by atoms with Crippen molar-refractivity contribution < 1.29 is 9.32 Å². The molecule has 3 rings (SSSR count). The maximum atomic E-state index is 12.0. The van der Waals surface area contributed by atoms with Crippen molar-refractivity contribution in [3.8, 4) is 10.8 Å². The van der Waals surface area contributed by atoms with Gasteiger partial charge in [-0.15, -0.1) is 11.3 Å². The third-order valence-corrected chi connectivity index (χ3v) is 3.76. The van der Waals surface area contributed by atoms with Gasteiger partial charge in [0.1, 0.15) is 5.56 Å². The molecular formula is C14H12N4O3S. The molecule has 3 aromatic heterocycles. The van der Waals surface area contributed by atoms with Crippen LogP contribution >= 0.6 is 11.3 Å². The molecular weight excluding hydrogens is 304 g/mol. The van der Waals surface area contributed by atoms with E-state index in [4.69, 9.17) is 4.52 Å². The van der Waals surface area contributed by atoms with Crippen molar-refractivity contribution >= 4 is 17.2 Å². The van der Waals surface area contributed by atoms with Crippen molar-refractivity contribution in [1.29, 1.82) is 0 Å². The number of nitrogens with zero attached hydrogens (tertiary/aromatic N) is 2. The van der Waals surface area contributed by atoms with Crippen LogP contribution in [-0.4, -0.2) is 21.0 Å². The fourth-order valence-electron chi connectivity index (χ4n) is 1.83. The highest BCUT2D eigenvalue weighted by Crippen LogP contribution is 2.22. The fraction of sp³-hybridized carbons (Fsp3) is 0.143. The third-order valence-electron chi connectivity index (χ3n) is 2.91. The fourth-order valence-corrected chi connectivity index (χ4v) is 2.48. The molecule has 2 N–H and O–H groups in total. The first-order valence-corrected chi connectivity index (χ1v) is 7.36. The number of nitrogens with one attached hydrogen (secondary N) is 2. The van der Waals surface area contributed by atoms with Crippen LogP contribution < -0.4 is 10.9 Å². The average molecular weight is 316 g/mol. The van der Waals surface area contributed by atoms with Gasteiger partial charge >= 0.3 is 0 Å². The summed E-state index contributed by atoms with van der Waals surface area (Å²) >= 11 is 1.48. The van der Waals surface area contributed by atoms with Gasteiger partial charge in [0, 0.05) is 5.69 Å². The molecule has 0 radical (unpaired) electrons. The van der Waals surface area contributed by atoms with Gasteiger partial charge in [-0.25, -0.2) is 0 Å². The summed E-state index contributed by atoms with van der Waals surface area (Å²) in [6.45, 7) is 1.83. The molecule has 0 aliphatic carbocycles. The summed E-state index contributed by atoms with van der Waals surface area (Å²) in [7, 11) is 0. The van der Waals surface area contributed by atoms with E-state index in [-0.39, 0.29) is 12.1 Å². The van der Waals surface area contributed by atoms with Gasteiger partial charge in [-0.2, -0.15) is 4.98 Å². The van der Waals surface area contributed by atoms with Crippen LogP contribution in [0.2, 0.25) is 0 Å². The predicted molar refractivity (Wildman–Crippen MR) is 80.6 cm³/mol. The lowest BCUT2D eigenvalue weighted by Crippen LogP contribution is -2.29. The topological polar surface area (TPSA) is 101 Å². The van der Waals surface area contributed by atoms with Crippen molar-refractivity contribution in [2.75, 3.05) is 0 Å². The highest BCUT2D eigenvalue weighted by atomic mass is 32.1. The SMILES string of the molecule is Cc1ccc(C(=O)NCc2noc(-c3cccs3)n2)c(=O)[nH]1. The number of aryl methyl sites for hydroxylation is 1. The lowest BCUT2D eigenvalue weighted by Gasteiger charge is -2.02. The molecule has 0 aliphatic heterocycles. The molecule has 0 atom stereocenters. The van der Waals surface area contributed by atoms with Crippen LogP contribution in [0.1, 0.15) is 21.9 Å². The Kier molecular flexibility index (Phi) is 3.84. The zero-order valence-electron chi connectivity index (χ0n) is 11.6. The van der Waals surface area contributed by atoms with Gasteiger partial charge in [0.15, 0.2) is 5.82 Å². The van der Waals surface area contributed by atoms with Crippen molar-refractivity contribution in [2.45, 2.75) is 13.5 Å². The van der Waals surface area contributed by atoms with E-state index in [1.807, 2.05) is 17.5 Å². The van der Waals surface area contributed by atoms with E-state index in [0.29, 0.717) is 17.4 Å². The summed E-state index contributed by atoms with van der Waals surface area (Å²) in [6, 6.07) is 6.90. The highest BCUT2D eigenvalue weighted by Gasteiger charge is 2.13. The number of carbonyl (C=O) groups is 1. The largest absolute Gasteiger partial charge is 0.344 e. The Hall–Kier alpha value is -2.74. The number of H-pyrrole nitrogens is 1. The van der Waals surface area contributed by atoms with Gasteiger partial charge in [0.05, 0.1) is 11.4 Å². The van der Waals surface area contributed by atoms with Gasteiger partial charge < -0.3 is 14.8 Å². The van der Waals surface area contributed by atoms with Crippen molar-refractivity contribution in [3.05, 3.63) is 57.1 Å². The Bertz CT molecular complexity index is 851. The predicted octanol–water partition coefficient (Wildman–Crippen LogP) is 1.72. The molecule has 0 saturated heterocycles. The molecule has 0 spiro atoms. The highest BCUT2D eigenvalue weighted by molar-refractivity contribution is 7.13. The second kappa shape index (κ2) is 5.94. The summed E-state index contributed by atoms with van der Waals surface area (Å²) in [6.07, 6.45) is 0. The Morgan fingerprint density at radius 1 is 1.41 bits per heavy atom. The van der Waals surface area contributed by atoms with E-state index in [9.17, 15) is 9.59 Å². The van der Waals surface area contributed by atoms with Crippen LogP contribution in [0.3, 0.4) is 0 Å². The van der Waals surface area contributed by atoms with Gasteiger partial charge in [0.25, 0.3) is 17.4 Å². The van der Waals surface area contributed by atoms with Gasteiger partial charge in [-0.3, -0.25) is 9.59 Å². The average Bonchev–Trinajstić information content (AvgIpc) is 3.16. The minimum atomic E-state index is -0.483. The Balaban J connectivity index is 1.67. The first kappa shape index (κ1) is 14.2. The Morgan fingerprint density at radius 2 is 2.27 bits per heavy atom. The van der Waals surface area contributed by atoms with Crippen LogP contribution in [0.5, 0.6) is 0 Å². The molecule has 7 nitrogen and oxygen atoms in total. The molecule has 0 aromatic carbocycles. The minimum Gasteiger partial charge on any atom is -0.344 e. The molecule has 22 heavy (non-hydrogen) atoms. The van der Waals surface area contributed by atoms with E-state index < -0.39 is 11.5 Å². The molecule has 0 aliphatic rings. The monoisotopic (exact) mass is 316 g/mol.